The summed E-state index contributed by atoms with van der Waals surface area (Å²) in [5, 5.41) is 20.5. The van der Waals surface area contributed by atoms with Gasteiger partial charge in [-0.3, -0.25) is 10.1 Å². The fourth-order valence-corrected chi connectivity index (χ4v) is 2.31. The zero-order valence-electron chi connectivity index (χ0n) is 10.7. The third-order valence-corrected chi connectivity index (χ3v) is 3.28. The second kappa shape index (κ2) is 4.78. The van der Waals surface area contributed by atoms with Gasteiger partial charge in [0.1, 0.15) is 11.3 Å². The van der Waals surface area contributed by atoms with Gasteiger partial charge in [0.05, 0.1) is 28.6 Å². The van der Waals surface area contributed by atoms with E-state index in [1.54, 1.807) is 29.0 Å². The van der Waals surface area contributed by atoms with E-state index < -0.39 is 10.9 Å². The summed E-state index contributed by atoms with van der Waals surface area (Å²) in [7, 11) is 0. The quantitative estimate of drug-likeness (QED) is 0.587. The van der Waals surface area contributed by atoms with E-state index in [1.165, 1.54) is 18.4 Å². The summed E-state index contributed by atoms with van der Waals surface area (Å²) < 4.78 is 6.91. The summed E-state index contributed by atoms with van der Waals surface area (Å²) >= 11 is 0. The van der Waals surface area contributed by atoms with Crippen LogP contribution in [0.2, 0.25) is 0 Å². The highest BCUT2D eigenvalue weighted by Crippen LogP contribution is 2.27. The third kappa shape index (κ3) is 2.14. The van der Waals surface area contributed by atoms with Crippen molar-refractivity contribution in [2.45, 2.75) is 6.54 Å². The van der Waals surface area contributed by atoms with Crippen LogP contribution in [-0.2, 0) is 6.54 Å². The number of hydrogen-bond donors (Lipinski definition) is 1. The highest BCUT2D eigenvalue weighted by atomic mass is 16.6. The number of rotatable bonds is 4. The molecule has 106 valence electrons. The van der Waals surface area contributed by atoms with Crippen molar-refractivity contribution in [1.29, 1.82) is 0 Å². The predicted molar refractivity (Wildman–Crippen MR) is 73.4 cm³/mol. The molecule has 0 aliphatic carbocycles. The van der Waals surface area contributed by atoms with Crippen molar-refractivity contribution in [3.8, 4) is 0 Å². The number of carboxylic acids is 1. The van der Waals surface area contributed by atoms with Crippen molar-refractivity contribution >= 4 is 22.6 Å². The maximum absolute atomic E-state index is 11.1. The standard InChI is InChI=1S/C14H10N2O5/c17-14(18)10-5-7-21-13(10)8-15-6-4-9-11(15)2-1-3-12(9)16(19)20/h1-7H,8H2,(H,17,18). The lowest BCUT2D eigenvalue weighted by Gasteiger charge is -2.04. The monoisotopic (exact) mass is 286 g/mol. The maximum Gasteiger partial charge on any atom is 0.339 e. The SMILES string of the molecule is O=C(O)c1ccoc1Cn1ccc2c([N+](=O)[O-])cccc21. The number of nitro groups is 1. The van der Waals surface area contributed by atoms with Gasteiger partial charge in [-0.15, -0.1) is 0 Å². The van der Waals surface area contributed by atoms with Crippen molar-refractivity contribution in [2.24, 2.45) is 0 Å². The molecule has 0 saturated carbocycles. The molecule has 7 nitrogen and oxygen atoms in total. The van der Waals surface area contributed by atoms with E-state index in [0.29, 0.717) is 16.7 Å². The van der Waals surface area contributed by atoms with Crippen LogP contribution < -0.4 is 0 Å². The van der Waals surface area contributed by atoms with E-state index in [1.807, 2.05) is 0 Å². The molecule has 2 aromatic heterocycles. The Morgan fingerprint density at radius 1 is 1.33 bits per heavy atom. The first-order valence-corrected chi connectivity index (χ1v) is 6.10. The summed E-state index contributed by atoms with van der Waals surface area (Å²) in [6.45, 7) is 0.194. The van der Waals surface area contributed by atoms with Crippen molar-refractivity contribution < 1.29 is 19.2 Å². The van der Waals surface area contributed by atoms with E-state index in [2.05, 4.69) is 0 Å². The molecule has 1 N–H and O–H groups in total. The summed E-state index contributed by atoms with van der Waals surface area (Å²) in [5.74, 6) is -0.771. The minimum absolute atomic E-state index is 0.0177. The third-order valence-electron chi connectivity index (χ3n) is 3.28. The number of nitrogens with zero attached hydrogens (tertiary/aromatic N) is 2. The Morgan fingerprint density at radius 2 is 2.14 bits per heavy atom. The van der Waals surface area contributed by atoms with Gasteiger partial charge in [0.15, 0.2) is 0 Å². The number of aromatic carboxylic acids is 1. The Labute approximate surface area is 118 Å². The number of nitro benzene ring substituents is 1. The van der Waals surface area contributed by atoms with E-state index >= 15 is 0 Å². The number of non-ortho nitro benzene ring substituents is 1. The van der Waals surface area contributed by atoms with E-state index in [0.717, 1.165) is 0 Å². The van der Waals surface area contributed by atoms with E-state index in [-0.39, 0.29) is 17.8 Å². The molecule has 0 fully saturated rings. The van der Waals surface area contributed by atoms with Gasteiger partial charge in [-0.25, -0.2) is 4.79 Å². The van der Waals surface area contributed by atoms with Crippen LogP contribution in [0.15, 0.2) is 47.2 Å². The molecule has 0 spiro atoms. The minimum Gasteiger partial charge on any atom is -0.478 e. The highest BCUT2D eigenvalue weighted by molar-refractivity contribution is 5.90. The lowest BCUT2D eigenvalue weighted by atomic mass is 10.2. The number of carbonyl (C=O) groups is 1. The zero-order valence-corrected chi connectivity index (χ0v) is 10.7. The lowest BCUT2D eigenvalue weighted by Crippen LogP contribution is -2.03. The van der Waals surface area contributed by atoms with Gasteiger partial charge in [-0.05, 0) is 18.2 Å². The van der Waals surface area contributed by atoms with Gasteiger partial charge in [-0.1, -0.05) is 6.07 Å². The molecule has 0 aliphatic rings. The summed E-state index contributed by atoms with van der Waals surface area (Å²) in [4.78, 5) is 21.6. The molecule has 0 saturated heterocycles. The summed E-state index contributed by atoms with van der Waals surface area (Å²) in [6.07, 6.45) is 2.98. The van der Waals surface area contributed by atoms with E-state index in [4.69, 9.17) is 9.52 Å². The summed E-state index contributed by atoms with van der Waals surface area (Å²) in [6, 6.07) is 7.79. The number of aromatic nitrogens is 1. The summed E-state index contributed by atoms with van der Waals surface area (Å²) in [5.41, 5.74) is 0.753. The number of carboxylic acid groups (broad SMARTS) is 1. The largest absolute Gasteiger partial charge is 0.478 e. The average Bonchev–Trinajstić information content (AvgIpc) is 3.06. The normalized spacial score (nSPS) is 10.9. The first kappa shape index (κ1) is 12.9. The van der Waals surface area contributed by atoms with Crippen molar-refractivity contribution in [2.75, 3.05) is 0 Å². The Bertz CT molecular complexity index is 846. The van der Waals surface area contributed by atoms with Gasteiger partial charge >= 0.3 is 5.97 Å². The molecule has 0 atom stereocenters. The highest BCUT2D eigenvalue weighted by Gasteiger charge is 2.17. The molecule has 0 aliphatic heterocycles. The van der Waals surface area contributed by atoms with Crippen LogP contribution in [0.25, 0.3) is 10.9 Å². The Kier molecular flexibility index (Phi) is 2.94. The van der Waals surface area contributed by atoms with Gasteiger partial charge in [0, 0.05) is 12.3 Å². The van der Waals surface area contributed by atoms with Crippen LogP contribution in [0.3, 0.4) is 0 Å². The topological polar surface area (TPSA) is 98.5 Å². The van der Waals surface area contributed by atoms with Crippen molar-refractivity contribution in [1.82, 2.24) is 4.57 Å². The molecule has 0 radical (unpaired) electrons. The molecule has 3 aromatic rings. The maximum atomic E-state index is 11.1. The predicted octanol–water partition coefficient (Wildman–Crippen LogP) is 2.89. The first-order chi connectivity index (χ1) is 10.1. The Balaban J connectivity index is 2.06. The average molecular weight is 286 g/mol. The first-order valence-electron chi connectivity index (χ1n) is 6.10. The smallest absolute Gasteiger partial charge is 0.339 e. The molecule has 0 bridgehead atoms. The molecule has 1 aromatic carbocycles. The molecule has 21 heavy (non-hydrogen) atoms. The number of furan rings is 1. The zero-order chi connectivity index (χ0) is 15.0. The van der Waals surface area contributed by atoms with Crippen LogP contribution in [0.1, 0.15) is 16.1 Å². The lowest BCUT2D eigenvalue weighted by molar-refractivity contribution is -0.383. The van der Waals surface area contributed by atoms with Crippen LogP contribution in [-0.4, -0.2) is 20.6 Å². The van der Waals surface area contributed by atoms with Crippen LogP contribution >= 0.6 is 0 Å². The number of benzene rings is 1. The molecular formula is C14H10N2O5. The fraction of sp³-hybridized carbons (Fsp3) is 0.0714. The van der Waals surface area contributed by atoms with Crippen LogP contribution in [0, 0.1) is 10.1 Å². The van der Waals surface area contributed by atoms with Gasteiger partial charge < -0.3 is 14.1 Å². The van der Waals surface area contributed by atoms with Crippen LogP contribution in [0.4, 0.5) is 5.69 Å². The van der Waals surface area contributed by atoms with Crippen molar-refractivity contribution in [3.05, 3.63) is 64.2 Å². The minimum atomic E-state index is -1.07. The molecule has 2 heterocycles. The molecular weight excluding hydrogens is 276 g/mol. The van der Waals surface area contributed by atoms with Gasteiger partial charge in [0.25, 0.3) is 5.69 Å². The van der Waals surface area contributed by atoms with Gasteiger partial charge in [0.2, 0.25) is 0 Å². The van der Waals surface area contributed by atoms with Gasteiger partial charge in [-0.2, -0.15) is 0 Å². The number of fused-ring (bicyclic) bond motifs is 1. The van der Waals surface area contributed by atoms with E-state index in [9.17, 15) is 14.9 Å². The van der Waals surface area contributed by atoms with Crippen molar-refractivity contribution in [3.63, 3.8) is 0 Å². The Morgan fingerprint density at radius 3 is 2.86 bits per heavy atom. The Hall–Kier alpha value is -3.09. The fourth-order valence-electron chi connectivity index (χ4n) is 2.31. The van der Waals surface area contributed by atoms with Crippen LogP contribution in [0.5, 0.6) is 0 Å². The molecule has 7 heteroatoms. The second-order valence-corrected chi connectivity index (χ2v) is 4.47. The molecule has 0 amide bonds. The molecule has 0 unspecified atom stereocenters. The number of hydrogen-bond acceptors (Lipinski definition) is 4. The molecule has 3 rings (SSSR count). The second-order valence-electron chi connectivity index (χ2n) is 4.47.